The number of pyridine rings is 1. The fourth-order valence-electron chi connectivity index (χ4n) is 1.25. The number of aliphatic carboxylic acids is 1. The summed E-state index contributed by atoms with van der Waals surface area (Å²) >= 11 is 0. The molecule has 0 saturated carbocycles. The van der Waals surface area contributed by atoms with Gasteiger partial charge in [-0.3, -0.25) is 4.98 Å². The van der Waals surface area contributed by atoms with E-state index in [1.807, 2.05) is 26.0 Å². The second-order valence-corrected chi connectivity index (χ2v) is 2.98. The minimum absolute atomic E-state index is 0.513. The zero-order valence-electron chi connectivity index (χ0n) is 7.78. The summed E-state index contributed by atoms with van der Waals surface area (Å²) in [7, 11) is 0. The van der Waals surface area contributed by atoms with Crippen molar-refractivity contribution in [3.05, 3.63) is 29.6 Å². The van der Waals surface area contributed by atoms with Crippen LogP contribution in [0.1, 0.15) is 30.7 Å². The third kappa shape index (κ3) is 2.28. The number of nitrogens with zero attached hydrogens (tertiary/aromatic N) is 1. The third-order valence-corrected chi connectivity index (χ3v) is 1.96. The average molecular weight is 178 g/mol. The summed E-state index contributed by atoms with van der Waals surface area (Å²) in [6.07, 6.45) is 0.513. The van der Waals surface area contributed by atoms with Crippen molar-refractivity contribution in [3.8, 4) is 0 Å². The van der Waals surface area contributed by atoms with E-state index < -0.39 is 11.9 Å². The molecule has 0 aromatic carbocycles. The molecule has 1 rings (SSSR count). The molecule has 0 aliphatic rings. The number of aromatic nitrogens is 1. The van der Waals surface area contributed by atoms with E-state index in [0.717, 1.165) is 5.69 Å². The molecule has 1 aromatic heterocycles. The maximum atomic E-state index is 10.7. The fourth-order valence-corrected chi connectivity index (χ4v) is 1.25. The lowest BCUT2D eigenvalue weighted by atomic mass is 10.0. The van der Waals surface area contributed by atoms with Crippen molar-refractivity contribution < 1.29 is 9.90 Å². The molecule has 3 nitrogen and oxygen atoms in total. The van der Waals surface area contributed by atoms with E-state index in [1.165, 1.54) is 0 Å². The van der Waals surface area contributed by atoms with Crippen LogP contribution < -0.4 is 5.11 Å². The molecule has 0 aliphatic heterocycles. The summed E-state index contributed by atoms with van der Waals surface area (Å²) in [5.74, 6) is -1.64. The minimum Gasteiger partial charge on any atom is -0.549 e. The van der Waals surface area contributed by atoms with Crippen LogP contribution in [-0.4, -0.2) is 11.0 Å². The first-order valence-corrected chi connectivity index (χ1v) is 4.29. The number of carbonyl (C=O) groups excluding carboxylic acids is 1. The molecule has 0 saturated heterocycles. The number of carboxylic acids is 1. The van der Waals surface area contributed by atoms with Gasteiger partial charge in [0.1, 0.15) is 0 Å². The molecule has 1 atom stereocenters. The summed E-state index contributed by atoms with van der Waals surface area (Å²) in [6, 6.07) is 5.37. The number of hydrogen-bond donors (Lipinski definition) is 0. The molecule has 1 heterocycles. The molecular formula is C10H12NO2-. The van der Waals surface area contributed by atoms with Gasteiger partial charge >= 0.3 is 0 Å². The summed E-state index contributed by atoms with van der Waals surface area (Å²) in [6.45, 7) is 3.65. The second kappa shape index (κ2) is 4.03. The van der Waals surface area contributed by atoms with Gasteiger partial charge in [0.15, 0.2) is 0 Å². The van der Waals surface area contributed by atoms with E-state index in [0.29, 0.717) is 12.1 Å². The van der Waals surface area contributed by atoms with E-state index in [-0.39, 0.29) is 0 Å². The first-order chi connectivity index (χ1) is 6.15. The van der Waals surface area contributed by atoms with Crippen LogP contribution in [0.15, 0.2) is 18.2 Å². The Morgan fingerprint density at radius 2 is 2.31 bits per heavy atom. The highest BCUT2D eigenvalue weighted by Crippen LogP contribution is 2.16. The third-order valence-electron chi connectivity index (χ3n) is 1.96. The highest BCUT2D eigenvalue weighted by Gasteiger charge is 2.11. The Morgan fingerprint density at radius 1 is 1.62 bits per heavy atom. The smallest absolute Gasteiger partial charge is 0.0504 e. The number of carbonyl (C=O) groups is 1. The molecule has 70 valence electrons. The van der Waals surface area contributed by atoms with Crippen molar-refractivity contribution in [1.29, 1.82) is 0 Å². The Morgan fingerprint density at radius 3 is 2.77 bits per heavy atom. The molecule has 0 radical (unpaired) electrons. The summed E-state index contributed by atoms with van der Waals surface area (Å²) < 4.78 is 0. The van der Waals surface area contributed by atoms with Gasteiger partial charge in [-0.25, -0.2) is 0 Å². The minimum atomic E-state index is -1.05. The average Bonchev–Trinajstić information content (AvgIpc) is 2.04. The van der Waals surface area contributed by atoms with Crippen molar-refractivity contribution in [2.45, 2.75) is 26.2 Å². The van der Waals surface area contributed by atoms with Crippen LogP contribution in [0.3, 0.4) is 0 Å². The Kier molecular flexibility index (Phi) is 3.01. The molecule has 3 heteroatoms. The second-order valence-electron chi connectivity index (χ2n) is 2.98. The van der Waals surface area contributed by atoms with Crippen LogP contribution in [0.25, 0.3) is 0 Å². The van der Waals surface area contributed by atoms with Gasteiger partial charge in [0.2, 0.25) is 0 Å². The Labute approximate surface area is 77.4 Å². The molecular weight excluding hydrogens is 166 g/mol. The Hall–Kier alpha value is -1.38. The van der Waals surface area contributed by atoms with Crippen LogP contribution >= 0.6 is 0 Å². The van der Waals surface area contributed by atoms with Crippen molar-refractivity contribution in [2.24, 2.45) is 0 Å². The molecule has 0 spiro atoms. The SMILES string of the molecule is CCC(C(=O)[O-])c1cccc(C)n1. The predicted molar refractivity (Wildman–Crippen MR) is 47.0 cm³/mol. The van der Waals surface area contributed by atoms with Crippen LogP contribution in [0.4, 0.5) is 0 Å². The highest BCUT2D eigenvalue weighted by molar-refractivity contribution is 5.73. The molecule has 0 fully saturated rings. The van der Waals surface area contributed by atoms with Gasteiger partial charge in [-0.2, -0.15) is 0 Å². The quantitative estimate of drug-likeness (QED) is 0.682. The van der Waals surface area contributed by atoms with E-state index in [9.17, 15) is 9.90 Å². The topological polar surface area (TPSA) is 53.0 Å². The highest BCUT2D eigenvalue weighted by atomic mass is 16.4. The van der Waals surface area contributed by atoms with Gasteiger partial charge in [-0.05, 0) is 25.5 Å². The summed E-state index contributed by atoms with van der Waals surface area (Å²) in [5, 5.41) is 10.7. The maximum absolute atomic E-state index is 10.7. The molecule has 1 aromatic rings. The fraction of sp³-hybridized carbons (Fsp3) is 0.400. The van der Waals surface area contributed by atoms with Crippen molar-refractivity contribution in [1.82, 2.24) is 4.98 Å². The number of hydrogen-bond acceptors (Lipinski definition) is 3. The zero-order valence-corrected chi connectivity index (χ0v) is 7.78. The summed E-state index contributed by atoms with van der Waals surface area (Å²) in [4.78, 5) is 14.8. The first-order valence-electron chi connectivity index (χ1n) is 4.29. The lowest BCUT2D eigenvalue weighted by Crippen LogP contribution is -2.29. The summed E-state index contributed by atoms with van der Waals surface area (Å²) in [5.41, 5.74) is 1.42. The van der Waals surface area contributed by atoms with E-state index in [1.54, 1.807) is 6.07 Å². The van der Waals surface area contributed by atoms with E-state index >= 15 is 0 Å². The molecule has 1 unspecified atom stereocenters. The molecule has 0 amide bonds. The number of rotatable bonds is 3. The normalized spacial score (nSPS) is 12.5. The monoisotopic (exact) mass is 178 g/mol. The van der Waals surface area contributed by atoms with Crippen LogP contribution in [0, 0.1) is 6.92 Å². The van der Waals surface area contributed by atoms with Gasteiger partial charge in [0, 0.05) is 17.3 Å². The molecule has 0 aliphatic carbocycles. The van der Waals surface area contributed by atoms with E-state index in [2.05, 4.69) is 4.98 Å². The standard InChI is InChI=1S/C10H13NO2/c1-3-8(10(12)13)9-6-4-5-7(2)11-9/h4-6,8H,3H2,1-2H3,(H,12,13)/p-1. The van der Waals surface area contributed by atoms with Gasteiger partial charge < -0.3 is 9.90 Å². The van der Waals surface area contributed by atoms with Gasteiger partial charge in [0.25, 0.3) is 0 Å². The zero-order chi connectivity index (χ0) is 9.84. The first kappa shape index (κ1) is 9.71. The Balaban J connectivity index is 2.98. The van der Waals surface area contributed by atoms with Crippen molar-refractivity contribution >= 4 is 5.97 Å². The van der Waals surface area contributed by atoms with Crippen molar-refractivity contribution in [2.75, 3.05) is 0 Å². The van der Waals surface area contributed by atoms with Crippen LogP contribution in [0.2, 0.25) is 0 Å². The lowest BCUT2D eigenvalue weighted by Gasteiger charge is -2.15. The maximum Gasteiger partial charge on any atom is 0.0504 e. The Bertz CT molecular complexity index is 310. The predicted octanol–water partition coefficient (Wildman–Crippen LogP) is 0.634. The number of aryl methyl sites for hydroxylation is 1. The van der Waals surface area contributed by atoms with Crippen LogP contribution in [0.5, 0.6) is 0 Å². The lowest BCUT2D eigenvalue weighted by molar-refractivity contribution is -0.308. The van der Waals surface area contributed by atoms with Gasteiger partial charge in [-0.1, -0.05) is 13.0 Å². The van der Waals surface area contributed by atoms with E-state index in [4.69, 9.17) is 0 Å². The molecule has 0 N–H and O–H groups in total. The largest absolute Gasteiger partial charge is 0.549 e. The van der Waals surface area contributed by atoms with Gasteiger partial charge in [0.05, 0.1) is 5.97 Å². The van der Waals surface area contributed by atoms with Crippen LogP contribution in [-0.2, 0) is 4.79 Å². The number of carboxylic acid groups (broad SMARTS) is 1. The van der Waals surface area contributed by atoms with Crippen molar-refractivity contribution in [3.63, 3.8) is 0 Å². The molecule has 0 bridgehead atoms. The van der Waals surface area contributed by atoms with Gasteiger partial charge in [-0.15, -0.1) is 0 Å². The molecule has 13 heavy (non-hydrogen) atoms.